The molecule has 0 aliphatic rings. The van der Waals surface area contributed by atoms with Gasteiger partial charge in [-0.3, -0.25) is 0 Å². The molecule has 0 amide bonds. The highest BCUT2D eigenvalue weighted by molar-refractivity contribution is 5.67. The van der Waals surface area contributed by atoms with Crippen LogP contribution in [-0.2, 0) is 0 Å². The number of rotatable bonds is 2. The summed E-state index contributed by atoms with van der Waals surface area (Å²) in [6.45, 7) is 1.96. The molecule has 15 heavy (non-hydrogen) atoms. The summed E-state index contributed by atoms with van der Waals surface area (Å²) in [6, 6.07) is 12.1. The lowest BCUT2D eigenvalue weighted by molar-refractivity contribution is 1.09. The molecule has 1 heterocycles. The minimum absolute atomic E-state index is 0.936. The summed E-state index contributed by atoms with van der Waals surface area (Å²) in [5.74, 6) is 0. The summed E-state index contributed by atoms with van der Waals surface area (Å²) in [5.41, 5.74) is 3.10. The lowest BCUT2D eigenvalue weighted by Crippen LogP contribution is -1.85. The van der Waals surface area contributed by atoms with Gasteiger partial charge in [-0.15, -0.1) is 0 Å². The molecule has 0 N–H and O–H groups in total. The smallest absolute Gasteiger partial charge is 0.116 e. The van der Waals surface area contributed by atoms with Crippen molar-refractivity contribution in [3.8, 4) is 0 Å². The molecule has 0 atom stereocenters. The van der Waals surface area contributed by atoms with Crippen molar-refractivity contribution in [1.82, 2.24) is 9.97 Å². The Kier molecular flexibility index (Phi) is 2.88. The summed E-state index contributed by atoms with van der Waals surface area (Å²) in [4.78, 5) is 8.21. The van der Waals surface area contributed by atoms with Gasteiger partial charge in [-0.05, 0) is 24.6 Å². The van der Waals surface area contributed by atoms with Gasteiger partial charge in [0.15, 0.2) is 0 Å². The molecule has 0 fully saturated rings. The van der Waals surface area contributed by atoms with Gasteiger partial charge in [-0.25, -0.2) is 9.97 Å². The minimum atomic E-state index is 0.936. The highest BCUT2D eigenvalue weighted by Crippen LogP contribution is 2.05. The van der Waals surface area contributed by atoms with Crippen molar-refractivity contribution in [2.24, 2.45) is 0 Å². The van der Waals surface area contributed by atoms with Gasteiger partial charge in [0.1, 0.15) is 6.33 Å². The van der Waals surface area contributed by atoms with E-state index in [0.29, 0.717) is 0 Å². The van der Waals surface area contributed by atoms with E-state index in [2.05, 4.69) is 22.1 Å². The first-order valence-corrected chi connectivity index (χ1v) is 4.86. The number of aryl methyl sites for hydroxylation is 1. The molecular weight excluding hydrogens is 184 g/mol. The van der Waals surface area contributed by atoms with E-state index in [4.69, 9.17) is 0 Å². The normalized spacial score (nSPS) is 10.7. The molecule has 0 spiro atoms. The fourth-order valence-corrected chi connectivity index (χ4v) is 1.31. The van der Waals surface area contributed by atoms with Gasteiger partial charge in [-0.1, -0.05) is 36.4 Å². The van der Waals surface area contributed by atoms with E-state index < -0.39 is 0 Å². The Morgan fingerprint density at radius 2 is 1.80 bits per heavy atom. The summed E-state index contributed by atoms with van der Waals surface area (Å²) in [6.07, 6.45) is 5.62. The van der Waals surface area contributed by atoms with Crippen LogP contribution in [0.2, 0.25) is 0 Å². The summed E-state index contributed by atoms with van der Waals surface area (Å²) >= 11 is 0. The van der Waals surface area contributed by atoms with Gasteiger partial charge in [-0.2, -0.15) is 0 Å². The third kappa shape index (κ3) is 2.74. The monoisotopic (exact) mass is 196 g/mol. The van der Waals surface area contributed by atoms with Crippen LogP contribution in [0.15, 0.2) is 42.7 Å². The largest absolute Gasteiger partial charge is 0.242 e. The van der Waals surface area contributed by atoms with Gasteiger partial charge in [0.05, 0.1) is 5.69 Å². The van der Waals surface area contributed by atoms with E-state index in [1.807, 2.05) is 43.3 Å². The lowest BCUT2D eigenvalue weighted by atomic mass is 10.2. The van der Waals surface area contributed by atoms with E-state index >= 15 is 0 Å². The first-order chi connectivity index (χ1) is 7.34. The third-order valence-corrected chi connectivity index (χ3v) is 2.07. The van der Waals surface area contributed by atoms with Gasteiger partial charge in [0.25, 0.3) is 0 Å². The quantitative estimate of drug-likeness (QED) is 0.738. The first kappa shape index (κ1) is 9.59. The van der Waals surface area contributed by atoms with Crippen molar-refractivity contribution in [3.05, 3.63) is 59.7 Å². The van der Waals surface area contributed by atoms with Crippen LogP contribution in [-0.4, -0.2) is 9.97 Å². The number of benzene rings is 1. The Balaban J connectivity index is 2.19. The Morgan fingerprint density at radius 1 is 1.00 bits per heavy atom. The summed E-state index contributed by atoms with van der Waals surface area (Å²) in [5, 5.41) is 0. The van der Waals surface area contributed by atoms with Crippen molar-refractivity contribution in [3.63, 3.8) is 0 Å². The van der Waals surface area contributed by atoms with E-state index in [-0.39, 0.29) is 0 Å². The predicted molar refractivity (Wildman–Crippen MR) is 62.1 cm³/mol. The topological polar surface area (TPSA) is 25.8 Å². The maximum Gasteiger partial charge on any atom is 0.116 e. The van der Waals surface area contributed by atoms with Crippen molar-refractivity contribution < 1.29 is 0 Å². The van der Waals surface area contributed by atoms with Gasteiger partial charge in [0, 0.05) is 5.69 Å². The van der Waals surface area contributed by atoms with Crippen molar-refractivity contribution >= 4 is 12.2 Å². The molecule has 0 unspecified atom stereocenters. The van der Waals surface area contributed by atoms with E-state index in [0.717, 1.165) is 11.4 Å². The van der Waals surface area contributed by atoms with Gasteiger partial charge < -0.3 is 0 Å². The van der Waals surface area contributed by atoms with Crippen LogP contribution in [0, 0.1) is 6.92 Å². The highest BCUT2D eigenvalue weighted by atomic mass is 14.8. The Hall–Kier alpha value is -1.96. The van der Waals surface area contributed by atoms with Crippen molar-refractivity contribution in [2.75, 3.05) is 0 Å². The van der Waals surface area contributed by atoms with Crippen LogP contribution in [0.1, 0.15) is 17.0 Å². The fourth-order valence-electron chi connectivity index (χ4n) is 1.31. The summed E-state index contributed by atoms with van der Waals surface area (Å²) in [7, 11) is 0. The molecule has 2 heteroatoms. The molecule has 74 valence electrons. The average molecular weight is 196 g/mol. The molecule has 0 radical (unpaired) electrons. The minimum Gasteiger partial charge on any atom is -0.242 e. The first-order valence-electron chi connectivity index (χ1n) is 4.86. The van der Waals surface area contributed by atoms with E-state index in [1.165, 1.54) is 5.56 Å². The molecule has 2 aromatic rings. The van der Waals surface area contributed by atoms with Crippen LogP contribution in [0.3, 0.4) is 0 Å². The second kappa shape index (κ2) is 4.51. The molecule has 1 aromatic heterocycles. The molecule has 0 bridgehead atoms. The van der Waals surface area contributed by atoms with Crippen LogP contribution < -0.4 is 0 Å². The number of hydrogen-bond acceptors (Lipinski definition) is 2. The third-order valence-electron chi connectivity index (χ3n) is 2.07. The maximum absolute atomic E-state index is 4.16. The molecule has 0 saturated carbocycles. The van der Waals surface area contributed by atoms with Gasteiger partial charge in [0.2, 0.25) is 0 Å². The molecule has 2 nitrogen and oxygen atoms in total. The maximum atomic E-state index is 4.16. The zero-order valence-electron chi connectivity index (χ0n) is 8.59. The predicted octanol–water partition coefficient (Wildman–Crippen LogP) is 2.96. The lowest BCUT2D eigenvalue weighted by Gasteiger charge is -1.94. The second-order valence-electron chi connectivity index (χ2n) is 3.33. The van der Waals surface area contributed by atoms with E-state index in [1.54, 1.807) is 6.33 Å². The Bertz CT molecular complexity index is 461. The zero-order valence-corrected chi connectivity index (χ0v) is 8.59. The molecular formula is C13H12N2. The molecule has 2 rings (SSSR count). The van der Waals surface area contributed by atoms with Crippen molar-refractivity contribution in [1.29, 1.82) is 0 Å². The van der Waals surface area contributed by atoms with E-state index in [9.17, 15) is 0 Å². The van der Waals surface area contributed by atoms with Crippen LogP contribution >= 0.6 is 0 Å². The fraction of sp³-hybridized carbons (Fsp3) is 0.0769. The second-order valence-corrected chi connectivity index (χ2v) is 3.33. The average Bonchev–Trinajstić information content (AvgIpc) is 2.28. The van der Waals surface area contributed by atoms with Crippen LogP contribution in [0.4, 0.5) is 0 Å². The van der Waals surface area contributed by atoms with Crippen molar-refractivity contribution in [2.45, 2.75) is 6.92 Å². The van der Waals surface area contributed by atoms with Crippen LogP contribution in [0.25, 0.3) is 12.2 Å². The highest BCUT2D eigenvalue weighted by Gasteiger charge is 1.89. The number of aromatic nitrogens is 2. The number of nitrogens with zero attached hydrogens (tertiary/aromatic N) is 2. The SMILES string of the molecule is Cc1cc(C=Cc2ccccc2)ncn1. The standard InChI is InChI=1S/C13H12N2/c1-11-9-13(15-10-14-11)8-7-12-5-3-2-4-6-12/h2-10H,1H3. The zero-order chi connectivity index (χ0) is 10.5. The summed E-state index contributed by atoms with van der Waals surface area (Å²) < 4.78 is 0. The number of hydrogen-bond donors (Lipinski definition) is 0. The molecule has 0 saturated heterocycles. The Labute approximate surface area is 89.3 Å². The Morgan fingerprint density at radius 3 is 2.53 bits per heavy atom. The molecule has 0 aliphatic carbocycles. The van der Waals surface area contributed by atoms with Crippen LogP contribution in [0.5, 0.6) is 0 Å². The molecule has 1 aromatic carbocycles. The molecule has 0 aliphatic heterocycles. The van der Waals surface area contributed by atoms with Gasteiger partial charge >= 0.3 is 0 Å².